The summed E-state index contributed by atoms with van der Waals surface area (Å²) in [4.78, 5) is 1.77. The van der Waals surface area contributed by atoms with Crippen LogP contribution < -0.4 is 4.90 Å². The number of rotatable bonds is 2. The van der Waals surface area contributed by atoms with Crippen LogP contribution in [0.15, 0.2) is 24.3 Å². The molecule has 1 aliphatic rings. The first-order valence-electron chi connectivity index (χ1n) is 6.02. The average molecular weight is 259 g/mol. The second kappa shape index (κ2) is 5.18. The lowest BCUT2D eigenvalue weighted by atomic mass is 9.97. The van der Waals surface area contributed by atoms with E-state index in [2.05, 4.69) is 0 Å². The van der Waals surface area contributed by atoms with Crippen LogP contribution in [0.3, 0.4) is 0 Å². The summed E-state index contributed by atoms with van der Waals surface area (Å²) in [6, 6.07) is 7.02. The van der Waals surface area contributed by atoms with E-state index in [1.54, 1.807) is 29.2 Å². The van der Waals surface area contributed by atoms with Gasteiger partial charge in [-0.2, -0.15) is 13.2 Å². The molecule has 2 rings (SSSR count). The highest BCUT2D eigenvalue weighted by molar-refractivity contribution is 5.48. The van der Waals surface area contributed by atoms with Crippen LogP contribution in [-0.4, -0.2) is 24.4 Å². The molecule has 18 heavy (non-hydrogen) atoms. The van der Waals surface area contributed by atoms with Gasteiger partial charge < -0.3 is 10.0 Å². The van der Waals surface area contributed by atoms with Gasteiger partial charge in [0.2, 0.25) is 0 Å². The molecular weight excluding hydrogens is 243 g/mol. The zero-order chi connectivity index (χ0) is 13.2. The molecule has 0 aliphatic carbocycles. The molecule has 0 bridgehead atoms. The number of piperidine rings is 1. The van der Waals surface area contributed by atoms with Crippen molar-refractivity contribution in [3.8, 4) is 0 Å². The van der Waals surface area contributed by atoms with Crippen molar-refractivity contribution in [2.24, 2.45) is 5.92 Å². The maximum absolute atomic E-state index is 12.7. The van der Waals surface area contributed by atoms with E-state index in [-0.39, 0.29) is 19.6 Å². The average Bonchev–Trinajstić information content (AvgIpc) is 2.38. The molecule has 1 heterocycles. The van der Waals surface area contributed by atoms with E-state index < -0.39 is 12.1 Å². The number of benzene rings is 1. The lowest BCUT2D eigenvalue weighted by molar-refractivity contribution is -0.175. The molecular formula is C13H16F3NO. The summed E-state index contributed by atoms with van der Waals surface area (Å²) in [6.45, 7) is 0.637. The molecule has 1 N–H and O–H groups in total. The largest absolute Gasteiger partial charge is 0.393 e. The predicted octanol–water partition coefficient (Wildman–Crippen LogP) is 2.96. The smallest absolute Gasteiger partial charge is 0.392 e. The van der Waals surface area contributed by atoms with E-state index in [0.717, 1.165) is 11.3 Å². The molecule has 5 heteroatoms. The Balaban J connectivity index is 2.08. The van der Waals surface area contributed by atoms with E-state index in [1.165, 1.54) is 0 Å². The maximum atomic E-state index is 12.7. The fourth-order valence-electron chi connectivity index (χ4n) is 2.29. The van der Waals surface area contributed by atoms with Crippen LogP contribution in [0, 0.1) is 5.92 Å². The highest BCUT2D eigenvalue weighted by Gasteiger charge is 2.41. The third-order valence-electron chi connectivity index (χ3n) is 3.37. The minimum Gasteiger partial charge on any atom is -0.392 e. The molecule has 100 valence electrons. The molecule has 1 aromatic carbocycles. The lowest BCUT2D eigenvalue weighted by Crippen LogP contribution is -2.41. The van der Waals surface area contributed by atoms with Crippen LogP contribution in [-0.2, 0) is 6.61 Å². The summed E-state index contributed by atoms with van der Waals surface area (Å²) in [6.07, 6.45) is -3.33. The normalized spacial score (nSPS) is 21.1. The molecule has 2 nitrogen and oxygen atoms in total. The van der Waals surface area contributed by atoms with Gasteiger partial charge in [0, 0.05) is 18.8 Å². The van der Waals surface area contributed by atoms with Gasteiger partial charge in [-0.1, -0.05) is 12.1 Å². The van der Waals surface area contributed by atoms with Gasteiger partial charge in [-0.3, -0.25) is 0 Å². The van der Waals surface area contributed by atoms with Gasteiger partial charge >= 0.3 is 6.18 Å². The minimum atomic E-state index is -4.11. The highest BCUT2D eigenvalue weighted by atomic mass is 19.4. The van der Waals surface area contributed by atoms with Crippen molar-refractivity contribution in [1.82, 2.24) is 0 Å². The second-order valence-electron chi connectivity index (χ2n) is 4.65. The first kappa shape index (κ1) is 13.2. The van der Waals surface area contributed by atoms with E-state index >= 15 is 0 Å². The predicted molar refractivity (Wildman–Crippen MR) is 63.4 cm³/mol. The Hall–Kier alpha value is -1.23. The van der Waals surface area contributed by atoms with E-state index in [4.69, 9.17) is 5.11 Å². The maximum Gasteiger partial charge on any atom is 0.393 e. The van der Waals surface area contributed by atoms with Crippen molar-refractivity contribution >= 4 is 5.69 Å². The Morgan fingerprint density at radius 3 is 2.44 bits per heavy atom. The van der Waals surface area contributed by atoms with Crippen LogP contribution in [0.1, 0.15) is 18.4 Å². The molecule has 0 radical (unpaired) electrons. The fraction of sp³-hybridized carbons (Fsp3) is 0.538. The number of halogens is 3. The van der Waals surface area contributed by atoms with Crippen molar-refractivity contribution in [3.05, 3.63) is 29.8 Å². The number of aliphatic hydroxyl groups excluding tert-OH is 1. The van der Waals surface area contributed by atoms with Gasteiger partial charge in [-0.05, 0) is 30.5 Å². The Kier molecular flexibility index (Phi) is 3.80. The standard InChI is InChI=1S/C13H16F3NO/c14-13(15,16)11-2-1-7-17(8-11)12-5-3-10(9-18)4-6-12/h3-6,11,18H,1-2,7-9H2. The Bertz CT molecular complexity index is 388. The summed E-state index contributed by atoms with van der Waals surface area (Å²) in [5.74, 6) is -1.23. The van der Waals surface area contributed by atoms with Gasteiger partial charge in [0.05, 0.1) is 12.5 Å². The number of nitrogens with zero attached hydrogens (tertiary/aromatic N) is 1. The second-order valence-corrected chi connectivity index (χ2v) is 4.65. The molecule has 1 aromatic rings. The van der Waals surface area contributed by atoms with Crippen LogP contribution >= 0.6 is 0 Å². The summed E-state index contributed by atoms with van der Waals surface area (Å²) in [5.41, 5.74) is 1.56. The molecule has 0 saturated carbocycles. The van der Waals surface area contributed by atoms with E-state index in [9.17, 15) is 13.2 Å². The number of anilines is 1. The van der Waals surface area contributed by atoms with Gasteiger partial charge in [0.15, 0.2) is 0 Å². The van der Waals surface area contributed by atoms with Crippen LogP contribution in [0.4, 0.5) is 18.9 Å². The molecule has 1 saturated heterocycles. The first-order chi connectivity index (χ1) is 8.50. The number of aliphatic hydroxyl groups is 1. The summed E-state index contributed by atoms with van der Waals surface area (Å²) >= 11 is 0. The third kappa shape index (κ3) is 2.96. The summed E-state index contributed by atoms with van der Waals surface area (Å²) in [5, 5.41) is 8.93. The molecule has 1 atom stereocenters. The van der Waals surface area contributed by atoms with Crippen molar-refractivity contribution < 1.29 is 18.3 Å². The van der Waals surface area contributed by atoms with Crippen molar-refractivity contribution in [3.63, 3.8) is 0 Å². The molecule has 0 amide bonds. The Labute approximate surface area is 104 Å². The third-order valence-corrected chi connectivity index (χ3v) is 3.37. The monoisotopic (exact) mass is 259 g/mol. The SMILES string of the molecule is OCc1ccc(N2CCCC(C(F)(F)F)C2)cc1. The van der Waals surface area contributed by atoms with Crippen LogP contribution in [0.5, 0.6) is 0 Å². The van der Waals surface area contributed by atoms with Gasteiger partial charge in [0.25, 0.3) is 0 Å². The highest BCUT2D eigenvalue weighted by Crippen LogP contribution is 2.34. The van der Waals surface area contributed by atoms with Crippen LogP contribution in [0.2, 0.25) is 0 Å². The molecule has 1 fully saturated rings. The Morgan fingerprint density at radius 1 is 1.22 bits per heavy atom. The topological polar surface area (TPSA) is 23.5 Å². The number of hydrogen-bond donors (Lipinski definition) is 1. The molecule has 0 aromatic heterocycles. The van der Waals surface area contributed by atoms with Gasteiger partial charge in [-0.15, -0.1) is 0 Å². The summed E-state index contributed by atoms with van der Waals surface area (Å²) < 4.78 is 38.1. The van der Waals surface area contributed by atoms with Crippen molar-refractivity contribution in [2.75, 3.05) is 18.0 Å². The molecule has 1 aliphatic heterocycles. The van der Waals surface area contributed by atoms with Crippen molar-refractivity contribution in [2.45, 2.75) is 25.6 Å². The fourth-order valence-corrected chi connectivity index (χ4v) is 2.29. The minimum absolute atomic E-state index is 0.0297. The van der Waals surface area contributed by atoms with E-state index in [1.807, 2.05) is 0 Å². The number of hydrogen-bond acceptors (Lipinski definition) is 2. The van der Waals surface area contributed by atoms with E-state index in [0.29, 0.717) is 13.0 Å². The molecule has 0 spiro atoms. The van der Waals surface area contributed by atoms with Gasteiger partial charge in [-0.25, -0.2) is 0 Å². The lowest BCUT2D eigenvalue weighted by Gasteiger charge is -2.35. The van der Waals surface area contributed by atoms with Gasteiger partial charge in [0.1, 0.15) is 0 Å². The first-order valence-corrected chi connectivity index (χ1v) is 6.02. The Morgan fingerprint density at radius 2 is 1.89 bits per heavy atom. The number of alkyl halides is 3. The zero-order valence-corrected chi connectivity index (χ0v) is 9.95. The van der Waals surface area contributed by atoms with Crippen LogP contribution in [0.25, 0.3) is 0 Å². The zero-order valence-electron chi connectivity index (χ0n) is 9.95. The summed E-state index contributed by atoms with van der Waals surface area (Å²) in [7, 11) is 0. The molecule has 1 unspecified atom stereocenters. The van der Waals surface area contributed by atoms with Crippen molar-refractivity contribution in [1.29, 1.82) is 0 Å². The quantitative estimate of drug-likeness (QED) is 0.882.